The molecule has 4 heteroatoms. The van der Waals surface area contributed by atoms with Gasteiger partial charge < -0.3 is 10.5 Å². The molecule has 0 amide bonds. The SMILES string of the molecule is CCC(C)(N)COCc1ccc(Br)s1. The Labute approximate surface area is 97.6 Å². The van der Waals surface area contributed by atoms with Crippen molar-refractivity contribution in [2.45, 2.75) is 32.4 Å². The van der Waals surface area contributed by atoms with Gasteiger partial charge in [-0.05, 0) is 41.4 Å². The smallest absolute Gasteiger partial charge is 0.0810 e. The van der Waals surface area contributed by atoms with Gasteiger partial charge in [-0.15, -0.1) is 11.3 Å². The number of nitrogens with two attached hydrogens (primary N) is 1. The highest BCUT2D eigenvalue weighted by molar-refractivity contribution is 9.11. The molecule has 0 aliphatic rings. The molecule has 0 aromatic carbocycles. The Bertz CT molecular complexity index is 285. The molecule has 0 spiro atoms. The first kappa shape index (κ1) is 12.2. The van der Waals surface area contributed by atoms with Crippen molar-refractivity contribution in [2.24, 2.45) is 5.73 Å². The summed E-state index contributed by atoms with van der Waals surface area (Å²) in [7, 11) is 0. The average molecular weight is 278 g/mol. The number of ether oxygens (including phenoxy) is 1. The molecule has 1 atom stereocenters. The Morgan fingerprint density at radius 1 is 1.57 bits per heavy atom. The van der Waals surface area contributed by atoms with E-state index in [1.54, 1.807) is 11.3 Å². The van der Waals surface area contributed by atoms with Crippen LogP contribution in [0.5, 0.6) is 0 Å². The van der Waals surface area contributed by atoms with Gasteiger partial charge in [-0.2, -0.15) is 0 Å². The van der Waals surface area contributed by atoms with E-state index in [0.29, 0.717) is 13.2 Å². The lowest BCUT2D eigenvalue weighted by Gasteiger charge is -2.21. The summed E-state index contributed by atoms with van der Waals surface area (Å²) in [6.07, 6.45) is 0.932. The molecule has 0 bridgehead atoms. The van der Waals surface area contributed by atoms with E-state index in [4.69, 9.17) is 10.5 Å². The first-order chi connectivity index (χ1) is 6.53. The Hall–Kier alpha value is 0.1000. The summed E-state index contributed by atoms with van der Waals surface area (Å²) in [4.78, 5) is 1.23. The van der Waals surface area contributed by atoms with Gasteiger partial charge in [0.2, 0.25) is 0 Å². The second-order valence-electron chi connectivity index (χ2n) is 3.71. The number of halogens is 1. The molecule has 1 heterocycles. The lowest BCUT2D eigenvalue weighted by molar-refractivity contribution is 0.0794. The minimum atomic E-state index is -0.200. The van der Waals surface area contributed by atoms with Gasteiger partial charge in [-0.1, -0.05) is 6.92 Å². The van der Waals surface area contributed by atoms with Crippen LogP contribution in [0.4, 0.5) is 0 Å². The van der Waals surface area contributed by atoms with Gasteiger partial charge in [0.1, 0.15) is 0 Å². The topological polar surface area (TPSA) is 35.2 Å². The molecule has 1 aromatic heterocycles. The monoisotopic (exact) mass is 277 g/mol. The van der Waals surface area contributed by atoms with E-state index in [2.05, 4.69) is 28.9 Å². The highest BCUT2D eigenvalue weighted by Crippen LogP contribution is 2.22. The van der Waals surface area contributed by atoms with E-state index in [-0.39, 0.29) is 5.54 Å². The van der Waals surface area contributed by atoms with Crippen LogP contribution >= 0.6 is 27.3 Å². The molecule has 0 aliphatic carbocycles. The van der Waals surface area contributed by atoms with Crippen molar-refractivity contribution in [3.8, 4) is 0 Å². The lowest BCUT2D eigenvalue weighted by atomic mass is 10.0. The van der Waals surface area contributed by atoms with Crippen LogP contribution in [-0.2, 0) is 11.3 Å². The summed E-state index contributed by atoms with van der Waals surface area (Å²) in [5.41, 5.74) is 5.75. The summed E-state index contributed by atoms with van der Waals surface area (Å²) < 4.78 is 6.69. The molecule has 1 rings (SSSR count). The van der Waals surface area contributed by atoms with Gasteiger partial charge in [0.25, 0.3) is 0 Å². The molecule has 14 heavy (non-hydrogen) atoms. The van der Waals surface area contributed by atoms with Crippen molar-refractivity contribution in [3.63, 3.8) is 0 Å². The molecular formula is C10H16BrNOS. The summed E-state index contributed by atoms with van der Waals surface area (Å²) in [6, 6.07) is 4.10. The predicted molar refractivity (Wildman–Crippen MR) is 64.6 cm³/mol. The first-order valence-electron chi connectivity index (χ1n) is 4.64. The first-order valence-corrected chi connectivity index (χ1v) is 6.25. The van der Waals surface area contributed by atoms with Crippen molar-refractivity contribution in [3.05, 3.63) is 20.8 Å². The maximum Gasteiger partial charge on any atom is 0.0810 e. The molecule has 0 saturated heterocycles. The summed E-state index contributed by atoms with van der Waals surface area (Å²) in [6.45, 7) is 5.35. The third kappa shape index (κ3) is 4.09. The van der Waals surface area contributed by atoms with Gasteiger partial charge in [-0.25, -0.2) is 0 Å². The minimum absolute atomic E-state index is 0.200. The van der Waals surface area contributed by atoms with E-state index in [9.17, 15) is 0 Å². The quantitative estimate of drug-likeness (QED) is 0.898. The van der Waals surface area contributed by atoms with Gasteiger partial charge in [0.15, 0.2) is 0 Å². The number of hydrogen-bond donors (Lipinski definition) is 1. The third-order valence-corrected chi connectivity index (χ3v) is 3.71. The molecule has 0 saturated carbocycles. The Kier molecular flexibility index (Phi) is 4.57. The molecule has 2 nitrogen and oxygen atoms in total. The van der Waals surface area contributed by atoms with Crippen molar-refractivity contribution >= 4 is 27.3 Å². The summed E-state index contributed by atoms with van der Waals surface area (Å²) in [5.74, 6) is 0. The van der Waals surface area contributed by atoms with Crippen molar-refractivity contribution in [1.82, 2.24) is 0 Å². The van der Waals surface area contributed by atoms with Crippen LogP contribution in [0.15, 0.2) is 15.9 Å². The van der Waals surface area contributed by atoms with Crippen LogP contribution in [0.25, 0.3) is 0 Å². The van der Waals surface area contributed by atoms with E-state index < -0.39 is 0 Å². The fourth-order valence-electron chi connectivity index (χ4n) is 0.916. The van der Waals surface area contributed by atoms with E-state index in [1.807, 2.05) is 13.0 Å². The largest absolute Gasteiger partial charge is 0.374 e. The van der Waals surface area contributed by atoms with Crippen LogP contribution in [0.1, 0.15) is 25.1 Å². The maximum atomic E-state index is 5.95. The summed E-state index contributed by atoms with van der Waals surface area (Å²) >= 11 is 5.11. The Morgan fingerprint density at radius 2 is 2.29 bits per heavy atom. The van der Waals surface area contributed by atoms with Crippen molar-refractivity contribution < 1.29 is 4.74 Å². The van der Waals surface area contributed by atoms with Crippen LogP contribution in [-0.4, -0.2) is 12.1 Å². The van der Waals surface area contributed by atoms with Crippen molar-refractivity contribution in [1.29, 1.82) is 0 Å². The highest BCUT2D eigenvalue weighted by atomic mass is 79.9. The number of hydrogen-bond acceptors (Lipinski definition) is 3. The Morgan fingerprint density at radius 3 is 2.79 bits per heavy atom. The third-order valence-electron chi connectivity index (χ3n) is 2.11. The van der Waals surface area contributed by atoms with Crippen molar-refractivity contribution in [2.75, 3.05) is 6.61 Å². The Balaban J connectivity index is 2.28. The second-order valence-corrected chi connectivity index (χ2v) is 6.25. The van der Waals surface area contributed by atoms with E-state index in [1.165, 1.54) is 4.88 Å². The predicted octanol–water partition coefficient (Wildman–Crippen LogP) is 3.15. The fraction of sp³-hybridized carbons (Fsp3) is 0.600. The molecule has 0 radical (unpaired) electrons. The zero-order valence-electron chi connectivity index (χ0n) is 8.55. The normalized spacial score (nSPS) is 15.4. The van der Waals surface area contributed by atoms with Gasteiger partial charge in [0.05, 0.1) is 17.0 Å². The highest BCUT2D eigenvalue weighted by Gasteiger charge is 2.15. The average Bonchev–Trinajstić information content (AvgIpc) is 2.51. The van der Waals surface area contributed by atoms with Gasteiger partial charge in [0, 0.05) is 10.4 Å². The van der Waals surface area contributed by atoms with Crippen LogP contribution in [0.2, 0.25) is 0 Å². The number of rotatable bonds is 5. The molecule has 0 aliphatic heterocycles. The lowest BCUT2D eigenvalue weighted by Crippen LogP contribution is -2.40. The molecule has 1 aromatic rings. The van der Waals surface area contributed by atoms with Gasteiger partial charge >= 0.3 is 0 Å². The van der Waals surface area contributed by atoms with Crippen LogP contribution < -0.4 is 5.73 Å². The van der Waals surface area contributed by atoms with E-state index in [0.717, 1.165) is 10.2 Å². The van der Waals surface area contributed by atoms with Gasteiger partial charge in [-0.3, -0.25) is 0 Å². The fourth-order valence-corrected chi connectivity index (χ4v) is 2.34. The standard InChI is InChI=1S/C10H16BrNOS/c1-3-10(2,12)7-13-6-8-4-5-9(11)14-8/h4-5H,3,6-7,12H2,1-2H3. The molecular weight excluding hydrogens is 262 g/mol. The number of thiophene rings is 1. The molecule has 2 N–H and O–H groups in total. The van der Waals surface area contributed by atoms with Crippen LogP contribution in [0, 0.1) is 0 Å². The zero-order valence-corrected chi connectivity index (χ0v) is 11.0. The maximum absolute atomic E-state index is 5.95. The molecule has 80 valence electrons. The minimum Gasteiger partial charge on any atom is -0.374 e. The molecule has 0 fully saturated rings. The molecule has 1 unspecified atom stereocenters. The van der Waals surface area contributed by atoms with Crippen LogP contribution in [0.3, 0.4) is 0 Å². The van der Waals surface area contributed by atoms with E-state index >= 15 is 0 Å². The second kappa shape index (κ2) is 5.26. The zero-order chi connectivity index (χ0) is 10.6. The summed E-state index contributed by atoms with van der Waals surface area (Å²) in [5, 5.41) is 0.